The van der Waals surface area contributed by atoms with Crippen LogP contribution in [0.5, 0.6) is 0 Å². The van der Waals surface area contributed by atoms with Crippen LogP contribution < -0.4 is 0 Å². The van der Waals surface area contributed by atoms with Crippen LogP contribution in [0.4, 0.5) is 0 Å². The maximum absolute atomic E-state index is 5.53. The summed E-state index contributed by atoms with van der Waals surface area (Å²) in [4.78, 5) is 17.7. The van der Waals surface area contributed by atoms with Crippen molar-refractivity contribution in [1.29, 1.82) is 0 Å². The molecule has 0 unspecified atom stereocenters. The van der Waals surface area contributed by atoms with Crippen molar-refractivity contribution in [3.05, 3.63) is 110 Å². The first kappa shape index (κ1) is 20.3. The maximum atomic E-state index is 5.53. The molecule has 0 spiro atoms. The number of aromatic nitrogens is 4. The summed E-state index contributed by atoms with van der Waals surface area (Å²) in [7, 11) is 0. The lowest BCUT2D eigenvalue weighted by Gasteiger charge is -2.17. The Morgan fingerprint density at radius 3 is 1.22 bits per heavy atom. The number of oxazole rings is 2. The number of benzene rings is 3. The third kappa shape index (κ3) is 3.27. The molecule has 0 atom stereocenters. The van der Waals surface area contributed by atoms with Crippen LogP contribution in [0.1, 0.15) is 0 Å². The summed E-state index contributed by atoms with van der Waals surface area (Å²) in [6.07, 6.45) is 13.8. The van der Waals surface area contributed by atoms with E-state index in [4.69, 9.17) is 8.83 Å². The molecule has 0 fully saturated rings. The van der Waals surface area contributed by atoms with Gasteiger partial charge in [-0.2, -0.15) is 0 Å². The van der Waals surface area contributed by atoms with E-state index in [1.54, 1.807) is 37.3 Å². The second-order valence-electron chi connectivity index (χ2n) is 8.44. The van der Waals surface area contributed by atoms with Crippen molar-refractivity contribution in [2.75, 3.05) is 0 Å². The van der Waals surface area contributed by atoms with Crippen LogP contribution in [0.3, 0.4) is 0 Å². The Morgan fingerprint density at radius 1 is 0.472 bits per heavy atom. The highest BCUT2D eigenvalue weighted by molar-refractivity contribution is 6.21. The number of pyridine rings is 2. The monoisotopic (exact) mass is 466 g/mol. The average molecular weight is 467 g/mol. The molecule has 0 saturated heterocycles. The van der Waals surface area contributed by atoms with Crippen LogP contribution in [-0.4, -0.2) is 19.9 Å². The van der Waals surface area contributed by atoms with Gasteiger partial charge >= 0.3 is 0 Å². The summed E-state index contributed by atoms with van der Waals surface area (Å²) in [5.41, 5.74) is 5.88. The van der Waals surface area contributed by atoms with Crippen molar-refractivity contribution in [3.8, 4) is 45.2 Å². The van der Waals surface area contributed by atoms with E-state index in [0.29, 0.717) is 11.8 Å². The lowest BCUT2D eigenvalue weighted by atomic mass is 9.86. The molecule has 6 heteroatoms. The SMILES string of the molecule is c1ccc2c(-c3cncc(-c4ncco4)c3)c3ccccc3c(-c3cncc(-c4ncco4)c3)c2c1. The van der Waals surface area contributed by atoms with Gasteiger partial charge in [-0.15, -0.1) is 0 Å². The van der Waals surface area contributed by atoms with Crippen molar-refractivity contribution in [2.24, 2.45) is 0 Å². The predicted octanol–water partition coefficient (Wildman–Crippen LogP) is 7.43. The molecule has 7 aromatic rings. The number of hydrogen-bond donors (Lipinski definition) is 0. The van der Waals surface area contributed by atoms with Crippen molar-refractivity contribution in [3.63, 3.8) is 0 Å². The number of nitrogens with zero attached hydrogens (tertiary/aromatic N) is 4. The molecule has 0 aliphatic rings. The van der Waals surface area contributed by atoms with E-state index in [1.807, 2.05) is 12.4 Å². The number of rotatable bonds is 4. The highest BCUT2D eigenvalue weighted by atomic mass is 16.3. The highest BCUT2D eigenvalue weighted by Gasteiger charge is 2.18. The summed E-state index contributed by atoms with van der Waals surface area (Å²) in [5, 5.41) is 4.50. The van der Waals surface area contributed by atoms with Gasteiger partial charge in [0.05, 0.1) is 23.5 Å². The fourth-order valence-corrected chi connectivity index (χ4v) is 4.87. The molecular weight excluding hydrogens is 448 g/mol. The second-order valence-corrected chi connectivity index (χ2v) is 8.44. The lowest BCUT2D eigenvalue weighted by molar-refractivity contribution is 0.574. The second kappa shape index (κ2) is 8.29. The van der Waals surface area contributed by atoms with E-state index in [2.05, 4.69) is 80.6 Å². The summed E-state index contributed by atoms with van der Waals surface area (Å²) in [5.74, 6) is 1.09. The Morgan fingerprint density at radius 2 is 0.861 bits per heavy atom. The van der Waals surface area contributed by atoms with Gasteiger partial charge in [0.1, 0.15) is 12.5 Å². The normalized spacial score (nSPS) is 11.3. The van der Waals surface area contributed by atoms with Gasteiger partial charge < -0.3 is 8.83 Å². The molecule has 0 aliphatic heterocycles. The highest BCUT2D eigenvalue weighted by Crippen LogP contribution is 2.44. The van der Waals surface area contributed by atoms with Crippen molar-refractivity contribution in [2.45, 2.75) is 0 Å². The van der Waals surface area contributed by atoms with Crippen molar-refractivity contribution < 1.29 is 8.83 Å². The molecule has 0 saturated carbocycles. The van der Waals surface area contributed by atoms with Crippen LogP contribution >= 0.6 is 0 Å². The van der Waals surface area contributed by atoms with Crippen molar-refractivity contribution in [1.82, 2.24) is 19.9 Å². The minimum atomic E-state index is 0.545. The fraction of sp³-hybridized carbons (Fsp3) is 0. The number of hydrogen-bond acceptors (Lipinski definition) is 6. The van der Waals surface area contributed by atoms with Crippen LogP contribution in [0.25, 0.3) is 66.7 Å². The van der Waals surface area contributed by atoms with E-state index in [-0.39, 0.29) is 0 Å². The van der Waals surface area contributed by atoms with Crippen LogP contribution in [0, 0.1) is 0 Å². The van der Waals surface area contributed by atoms with Gasteiger partial charge in [-0.05, 0) is 44.8 Å². The molecule has 6 nitrogen and oxygen atoms in total. The third-order valence-corrected chi connectivity index (χ3v) is 6.34. The van der Waals surface area contributed by atoms with Gasteiger partial charge in [0, 0.05) is 35.9 Å². The molecule has 4 heterocycles. The minimum absolute atomic E-state index is 0.545. The number of fused-ring (bicyclic) bond motifs is 2. The molecular formula is C30H18N4O2. The van der Waals surface area contributed by atoms with Gasteiger partial charge in [0.2, 0.25) is 11.8 Å². The molecule has 36 heavy (non-hydrogen) atoms. The molecule has 0 radical (unpaired) electrons. The molecule has 0 N–H and O–H groups in total. The summed E-state index contributed by atoms with van der Waals surface area (Å²) in [6.45, 7) is 0. The van der Waals surface area contributed by atoms with E-state index >= 15 is 0 Å². The predicted molar refractivity (Wildman–Crippen MR) is 139 cm³/mol. The standard InChI is InChI=1S/C30H18N4O2/c1-2-6-24-23(5-1)27(19-13-21(17-31-15-19)29-33-9-11-35-29)25-7-3-4-8-26(25)28(24)20-14-22(18-32-16-20)30-34-10-12-36-30/h1-18H. The Kier molecular flexibility index (Phi) is 4.67. The van der Waals surface area contributed by atoms with E-state index < -0.39 is 0 Å². The molecule has 170 valence electrons. The summed E-state index contributed by atoms with van der Waals surface area (Å²) >= 11 is 0. The average Bonchev–Trinajstić information content (AvgIpc) is 3.67. The quantitative estimate of drug-likeness (QED) is 0.251. The fourth-order valence-electron chi connectivity index (χ4n) is 4.87. The summed E-state index contributed by atoms with van der Waals surface area (Å²) in [6, 6.07) is 21.1. The van der Waals surface area contributed by atoms with Gasteiger partial charge in [-0.1, -0.05) is 48.5 Å². The zero-order chi connectivity index (χ0) is 23.9. The Bertz CT molecular complexity index is 1650. The van der Waals surface area contributed by atoms with Gasteiger partial charge in [-0.3, -0.25) is 9.97 Å². The molecule has 3 aromatic carbocycles. The lowest BCUT2D eigenvalue weighted by Crippen LogP contribution is -1.93. The van der Waals surface area contributed by atoms with E-state index in [9.17, 15) is 0 Å². The van der Waals surface area contributed by atoms with E-state index in [0.717, 1.165) is 54.9 Å². The molecule has 0 aliphatic carbocycles. The first-order chi connectivity index (χ1) is 17.9. The van der Waals surface area contributed by atoms with Crippen LogP contribution in [0.2, 0.25) is 0 Å². The van der Waals surface area contributed by atoms with Gasteiger partial charge in [-0.25, -0.2) is 9.97 Å². The Balaban J connectivity index is 1.54. The Hall–Kier alpha value is -5.10. The van der Waals surface area contributed by atoms with Gasteiger partial charge in [0.15, 0.2) is 0 Å². The largest absolute Gasteiger partial charge is 0.444 e. The first-order valence-corrected chi connectivity index (χ1v) is 11.5. The van der Waals surface area contributed by atoms with Crippen LogP contribution in [0.15, 0.2) is 119 Å². The minimum Gasteiger partial charge on any atom is -0.444 e. The van der Waals surface area contributed by atoms with Gasteiger partial charge in [0.25, 0.3) is 0 Å². The third-order valence-electron chi connectivity index (χ3n) is 6.34. The topological polar surface area (TPSA) is 77.8 Å². The van der Waals surface area contributed by atoms with E-state index in [1.165, 1.54) is 0 Å². The molecule has 7 rings (SSSR count). The van der Waals surface area contributed by atoms with Crippen molar-refractivity contribution >= 4 is 21.5 Å². The maximum Gasteiger partial charge on any atom is 0.227 e. The molecule has 0 bridgehead atoms. The first-order valence-electron chi connectivity index (χ1n) is 11.5. The smallest absolute Gasteiger partial charge is 0.227 e. The molecule has 4 aromatic heterocycles. The zero-order valence-electron chi connectivity index (χ0n) is 19.0. The zero-order valence-corrected chi connectivity index (χ0v) is 19.0. The summed E-state index contributed by atoms with van der Waals surface area (Å²) < 4.78 is 11.1. The molecule has 0 amide bonds. The van der Waals surface area contributed by atoms with Crippen LogP contribution in [-0.2, 0) is 0 Å². The Labute approximate surface area is 205 Å².